The van der Waals surface area contributed by atoms with Gasteiger partial charge in [-0.15, -0.1) is 0 Å². The largest absolute Gasteiger partial charge is 0.375 e. The summed E-state index contributed by atoms with van der Waals surface area (Å²) in [6.07, 6.45) is 1.33. The molecule has 0 unspecified atom stereocenters. The first-order chi connectivity index (χ1) is 7.61. The molecule has 0 aromatic heterocycles. The fourth-order valence-corrected chi connectivity index (χ4v) is 2.51. The number of carbonyl (C=O) groups is 1. The molecule has 16 heavy (non-hydrogen) atoms. The fraction of sp³-hybridized carbons (Fsp3) is 0.917. The van der Waals surface area contributed by atoms with Gasteiger partial charge < -0.3 is 15.0 Å². The molecule has 94 valence electrons. The molecule has 0 saturated carbocycles. The first kappa shape index (κ1) is 13.5. The number of ether oxygens (including phenoxy) is 1. The zero-order valence-electron chi connectivity index (χ0n) is 10.7. The number of methoxy groups -OCH3 is 1. The molecule has 0 radical (unpaired) electrons. The van der Waals surface area contributed by atoms with E-state index in [9.17, 15) is 4.79 Å². The molecular formula is C12H24N2O2. The average Bonchev–Trinajstić information content (AvgIpc) is 2.16. The summed E-state index contributed by atoms with van der Waals surface area (Å²) >= 11 is 0. The molecule has 1 aliphatic heterocycles. The van der Waals surface area contributed by atoms with Crippen LogP contribution in [0.3, 0.4) is 0 Å². The molecular weight excluding hydrogens is 204 g/mol. The average molecular weight is 228 g/mol. The molecule has 2 atom stereocenters. The molecule has 4 heteroatoms. The molecule has 1 saturated heterocycles. The molecule has 0 spiro atoms. The van der Waals surface area contributed by atoms with Crippen molar-refractivity contribution in [3.63, 3.8) is 0 Å². The SMILES string of the molecule is COCC(=O)NCCN1C[C@H](C)C[C@@H](C)C1. The number of carbonyl (C=O) groups excluding carboxylic acids is 1. The lowest BCUT2D eigenvalue weighted by Crippen LogP contribution is -2.43. The van der Waals surface area contributed by atoms with Gasteiger partial charge >= 0.3 is 0 Å². The van der Waals surface area contributed by atoms with E-state index in [1.807, 2.05) is 0 Å². The van der Waals surface area contributed by atoms with Crippen LogP contribution in [0.5, 0.6) is 0 Å². The Bertz CT molecular complexity index is 211. The van der Waals surface area contributed by atoms with Crippen LogP contribution in [0.4, 0.5) is 0 Å². The number of nitrogens with zero attached hydrogens (tertiary/aromatic N) is 1. The van der Waals surface area contributed by atoms with E-state index < -0.39 is 0 Å². The van der Waals surface area contributed by atoms with Gasteiger partial charge in [0.1, 0.15) is 6.61 Å². The standard InChI is InChI=1S/C12H24N2O2/c1-10-6-11(2)8-14(7-10)5-4-13-12(15)9-16-3/h10-11H,4-9H2,1-3H3,(H,13,15)/t10-,11-/m1/s1. The Hall–Kier alpha value is -0.610. The highest BCUT2D eigenvalue weighted by molar-refractivity contribution is 5.77. The van der Waals surface area contributed by atoms with E-state index in [4.69, 9.17) is 4.74 Å². The van der Waals surface area contributed by atoms with Gasteiger partial charge in [0.05, 0.1) is 0 Å². The maximum atomic E-state index is 11.2. The van der Waals surface area contributed by atoms with Crippen molar-refractivity contribution in [2.24, 2.45) is 11.8 Å². The maximum absolute atomic E-state index is 11.2. The van der Waals surface area contributed by atoms with Crippen molar-refractivity contribution in [1.29, 1.82) is 0 Å². The normalized spacial score (nSPS) is 26.7. The minimum Gasteiger partial charge on any atom is -0.375 e. The van der Waals surface area contributed by atoms with Crippen LogP contribution in [0.15, 0.2) is 0 Å². The third-order valence-electron chi connectivity index (χ3n) is 2.97. The van der Waals surface area contributed by atoms with Gasteiger partial charge in [0.25, 0.3) is 0 Å². The number of rotatable bonds is 5. The van der Waals surface area contributed by atoms with Crippen molar-refractivity contribution >= 4 is 5.91 Å². The van der Waals surface area contributed by atoms with Gasteiger partial charge in [0, 0.05) is 33.3 Å². The van der Waals surface area contributed by atoms with Crippen LogP contribution < -0.4 is 5.32 Å². The van der Waals surface area contributed by atoms with E-state index >= 15 is 0 Å². The van der Waals surface area contributed by atoms with Crippen LogP contribution in [0.1, 0.15) is 20.3 Å². The highest BCUT2D eigenvalue weighted by atomic mass is 16.5. The van der Waals surface area contributed by atoms with E-state index in [1.165, 1.54) is 13.5 Å². The summed E-state index contributed by atoms with van der Waals surface area (Å²) < 4.78 is 4.75. The monoisotopic (exact) mass is 228 g/mol. The van der Waals surface area contributed by atoms with Gasteiger partial charge in [-0.1, -0.05) is 13.8 Å². The number of amides is 1. The molecule has 0 aromatic rings. The molecule has 1 aliphatic rings. The lowest BCUT2D eigenvalue weighted by atomic mass is 9.92. The van der Waals surface area contributed by atoms with E-state index in [-0.39, 0.29) is 12.5 Å². The summed E-state index contributed by atoms with van der Waals surface area (Å²) in [5.74, 6) is 1.53. The van der Waals surface area contributed by atoms with E-state index in [2.05, 4.69) is 24.1 Å². The van der Waals surface area contributed by atoms with Crippen LogP contribution in [0.25, 0.3) is 0 Å². The van der Waals surface area contributed by atoms with E-state index in [0.29, 0.717) is 0 Å². The Labute approximate surface area is 98.3 Å². The molecule has 0 aromatic carbocycles. The topological polar surface area (TPSA) is 41.6 Å². The van der Waals surface area contributed by atoms with Crippen LogP contribution in [0.2, 0.25) is 0 Å². The Balaban J connectivity index is 2.14. The molecule has 1 fully saturated rings. The zero-order chi connectivity index (χ0) is 12.0. The molecule has 4 nitrogen and oxygen atoms in total. The van der Waals surface area contributed by atoms with Crippen molar-refractivity contribution in [3.8, 4) is 0 Å². The quantitative estimate of drug-likeness (QED) is 0.754. The Morgan fingerprint density at radius 2 is 2.00 bits per heavy atom. The van der Waals surface area contributed by atoms with Crippen molar-refractivity contribution in [2.45, 2.75) is 20.3 Å². The third-order valence-corrected chi connectivity index (χ3v) is 2.97. The highest BCUT2D eigenvalue weighted by Gasteiger charge is 2.21. The van der Waals surface area contributed by atoms with Gasteiger partial charge in [-0.05, 0) is 18.3 Å². The molecule has 1 N–H and O–H groups in total. The summed E-state index contributed by atoms with van der Waals surface area (Å²) in [5, 5.41) is 2.85. The van der Waals surface area contributed by atoms with Gasteiger partial charge in [-0.25, -0.2) is 0 Å². The third kappa shape index (κ3) is 4.94. The second kappa shape index (κ2) is 6.86. The summed E-state index contributed by atoms with van der Waals surface area (Å²) in [7, 11) is 1.54. The first-order valence-electron chi connectivity index (χ1n) is 6.09. The Kier molecular flexibility index (Phi) is 5.77. The number of nitrogens with one attached hydrogen (secondary N) is 1. The summed E-state index contributed by atoms with van der Waals surface area (Å²) in [5.41, 5.74) is 0. The second-order valence-corrected chi connectivity index (χ2v) is 4.99. The number of hydrogen-bond acceptors (Lipinski definition) is 3. The highest BCUT2D eigenvalue weighted by Crippen LogP contribution is 2.20. The van der Waals surface area contributed by atoms with Gasteiger partial charge in [-0.3, -0.25) is 4.79 Å². The van der Waals surface area contributed by atoms with E-state index in [0.717, 1.165) is 38.0 Å². The first-order valence-corrected chi connectivity index (χ1v) is 6.09. The van der Waals surface area contributed by atoms with Crippen molar-refractivity contribution in [1.82, 2.24) is 10.2 Å². The fourth-order valence-electron chi connectivity index (χ4n) is 2.51. The number of hydrogen-bond donors (Lipinski definition) is 1. The number of likely N-dealkylation sites (tertiary alicyclic amines) is 1. The van der Waals surface area contributed by atoms with Crippen LogP contribution in [-0.4, -0.2) is 50.7 Å². The smallest absolute Gasteiger partial charge is 0.246 e. The van der Waals surface area contributed by atoms with Crippen LogP contribution in [0, 0.1) is 11.8 Å². The van der Waals surface area contributed by atoms with Crippen LogP contribution >= 0.6 is 0 Å². The predicted octanol–water partition coefficient (Wildman–Crippen LogP) is 0.727. The van der Waals surface area contributed by atoms with E-state index in [1.54, 1.807) is 0 Å². The van der Waals surface area contributed by atoms with Crippen molar-refractivity contribution in [3.05, 3.63) is 0 Å². The zero-order valence-corrected chi connectivity index (χ0v) is 10.7. The molecule has 1 heterocycles. The van der Waals surface area contributed by atoms with Gasteiger partial charge in [0.2, 0.25) is 5.91 Å². The summed E-state index contributed by atoms with van der Waals surface area (Å²) in [6, 6.07) is 0. The van der Waals surface area contributed by atoms with Crippen molar-refractivity contribution in [2.75, 3.05) is 39.9 Å². The Morgan fingerprint density at radius 1 is 1.38 bits per heavy atom. The minimum absolute atomic E-state index is 0.0272. The van der Waals surface area contributed by atoms with Crippen LogP contribution in [-0.2, 0) is 9.53 Å². The summed E-state index contributed by atoms with van der Waals surface area (Å²) in [6.45, 7) is 8.74. The van der Waals surface area contributed by atoms with Gasteiger partial charge in [-0.2, -0.15) is 0 Å². The molecule has 1 amide bonds. The Morgan fingerprint density at radius 3 is 2.56 bits per heavy atom. The summed E-state index contributed by atoms with van der Waals surface area (Å²) in [4.78, 5) is 13.6. The molecule has 0 aliphatic carbocycles. The predicted molar refractivity (Wildman–Crippen MR) is 64.3 cm³/mol. The molecule has 0 bridgehead atoms. The maximum Gasteiger partial charge on any atom is 0.246 e. The number of piperidine rings is 1. The second-order valence-electron chi connectivity index (χ2n) is 4.99. The lowest BCUT2D eigenvalue weighted by Gasteiger charge is -2.34. The van der Waals surface area contributed by atoms with Gasteiger partial charge in [0.15, 0.2) is 0 Å². The lowest BCUT2D eigenvalue weighted by molar-refractivity contribution is -0.124. The minimum atomic E-state index is -0.0272. The van der Waals surface area contributed by atoms with Crippen molar-refractivity contribution < 1.29 is 9.53 Å². The molecule has 1 rings (SSSR count).